The Morgan fingerprint density at radius 3 is 2.61 bits per heavy atom. The predicted molar refractivity (Wildman–Crippen MR) is 130 cm³/mol. The van der Waals surface area contributed by atoms with Crippen molar-refractivity contribution in [2.24, 2.45) is 7.05 Å². The van der Waals surface area contributed by atoms with E-state index in [0.717, 1.165) is 35.2 Å². The Hall–Kier alpha value is -3.26. The SMILES string of the molecule is C[C@@H]1CN(c2cc(C3CC3)c3c(Nc4cc(F)c5nn(C)cc5c4)ncnc3c2)C[C@H](C)N1. The molecular formula is C25H28FN7. The molecule has 1 aliphatic carbocycles. The van der Waals surface area contributed by atoms with Gasteiger partial charge in [0.15, 0.2) is 5.82 Å². The first kappa shape index (κ1) is 20.4. The quantitative estimate of drug-likeness (QED) is 0.483. The van der Waals surface area contributed by atoms with Crippen molar-refractivity contribution < 1.29 is 4.39 Å². The summed E-state index contributed by atoms with van der Waals surface area (Å²) in [5.41, 5.74) is 4.46. The fourth-order valence-electron chi connectivity index (χ4n) is 5.16. The lowest BCUT2D eigenvalue weighted by Gasteiger charge is -2.38. The minimum Gasteiger partial charge on any atom is -0.368 e. The second kappa shape index (κ2) is 7.66. The summed E-state index contributed by atoms with van der Waals surface area (Å²) in [5.74, 6) is 0.896. The Bertz CT molecular complexity index is 1350. The standard InChI is InChI=1S/C25H28FN7/c1-14-10-33(11-15(2)29-14)19-8-20(16-4-5-16)23-22(9-19)27-13-28-25(23)30-18-6-17-12-32(3)31-24(17)21(26)7-18/h6-9,12-16,29H,4-5,10-11H2,1-3H3,(H,27,28,30)/t14-,15+. The number of rotatable bonds is 4. The lowest BCUT2D eigenvalue weighted by molar-refractivity contribution is 0.407. The van der Waals surface area contributed by atoms with Crippen LogP contribution in [0.15, 0.2) is 36.8 Å². The number of hydrogen-bond acceptors (Lipinski definition) is 6. The lowest BCUT2D eigenvalue weighted by Crippen LogP contribution is -2.54. The van der Waals surface area contributed by atoms with Crippen molar-refractivity contribution in [1.29, 1.82) is 0 Å². The Balaban J connectivity index is 1.43. The molecule has 0 bridgehead atoms. The predicted octanol–water partition coefficient (Wildman–Crippen LogP) is 4.46. The number of anilines is 3. The Morgan fingerprint density at radius 2 is 1.85 bits per heavy atom. The van der Waals surface area contributed by atoms with Crippen LogP contribution in [0.2, 0.25) is 0 Å². The molecule has 0 radical (unpaired) electrons. The largest absolute Gasteiger partial charge is 0.368 e. The zero-order chi connectivity index (χ0) is 22.7. The molecule has 170 valence electrons. The van der Waals surface area contributed by atoms with E-state index in [-0.39, 0.29) is 5.82 Å². The van der Waals surface area contributed by atoms with Gasteiger partial charge in [-0.1, -0.05) is 0 Å². The highest BCUT2D eigenvalue weighted by Gasteiger charge is 2.29. The third-order valence-electron chi connectivity index (χ3n) is 6.63. The summed E-state index contributed by atoms with van der Waals surface area (Å²) in [7, 11) is 1.80. The maximum absolute atomic E-state index is 14.7. The van der Waals surface area contributed by atoms with E-state index in [1.54, 1.807) is 18.1 Å². The van der Waals surface area contributed by atoms with Crippen LogP contribution < -0.4 is 15.5 Å². The van der Waals surface area contributed by atoms with Crippen molar-refractivity contribution in [2.75, 3.05) is 23.3 Å². The zero-order valence-corrected chi connectivity index (χ0v) is 19.1. The number of nitrogens with zero attached hydrogens (tertiary/aromatic N) is 5. The first-order valence-corrected chi connectivity index (χ1v) is 11.6. The molecule has 33 heavy (non-hydrogen) atoms. The van der Waals surface area contributed by atoms with Crippen LogP contribution >= 0.6 is 0 Å². The van der Waals surface area contributed by atoms with E-state index in [2.05, 4.69) is 56.6 Å². The normalized spacial score (nSPS) is 21.2. The lowest BCUT2D eigenvalue weighted by atomic mass is 10.0. The van der Waals surface area contributed by atoms with Gasteiger partial charge >= 0.3 is 0 Å². The molecule has 7 nitrogen and oxygen atoms in total. The van der Waals surface area contributed by atoms with Crippen molar-refractivity contribution >= 4 is 39.0 Å². The summed E-state index contributed by atoms with van der Waals surface area (Å²) in [6, 6.07) is 8.77. The van der Waals surface area contributed by atoms with E-state index in [1.165, 1.54) is 30.2 Å². The monoisotopic (exact) mass is 445 g/mol. The molecule has 0 unspecified atom stereocenters. The van der Waals surface area contributed by atoms with E-state index in [9.17, 15) is 4.39 Å². The minimum absolute atomic E-state index is 0.347. The molecule has 2 aromatic heterocycles. The Labute approximate surface area is 192 Å². The molecule has 4 aromatic rings. The average Bonchev–Trinajstić information content (AvgIpc) is 3.54. The number of aromatic nitrogens is 4. The van der Waals surface area contributed by atoms with E-state index in [0.29, 0.717) is 29.2 Å². The molecular weight excluding hydrogens is 417 g/mol. The Kier molecular flexibility index (Phi) is 4.72. The van der Waals surface area contributed by atoms with Gasteiger partial charge in [-0.2, -0.15) is 5.10 Å². The third-order valence-corrected chi connectivity index (χ3v) is 6.63. The summed E-state index contributed by atoms with van der Waals surface area (Å²) in [6.07, 6.45) is 5.77. The van der Waals surface area contributed by atoms with Crippen LogP contribution in [-0.4, -0.2) is 44.9 Å². The molecule has 2 aromatic carbocycles. The maximum Gasteiger partial charge on any atom is 0.153 e. The van der Waals surface area contributed by atoms with Gasteiger partial charge < -0.3 is 15.5 Å². The number of benzene rings is 2. The van der Waals surface area contributed by atoms with Gasteiger partial charge in [0.25, 0.3) is 0 Å². The van der Waals surface area contributed by atoms with Crippen molar-refractivity contribution in [2.45, 2.75) is 44.7 Å². The number of fused-ring (bicyclic) bond motifs is 2. The van der Waals surface area contributed by atoms with Gasteiger partial charge in [-0.25, -0.2) is 14.4 Å². The van der Waals surface area contributed by atoms with E-state index >= 15 is 0 Å². The van der Waals surface area contributed by atoms with Crippen molar-refractivity contribution in [3.8, 4) is 0 Å². The first-order chi connectivity index (χ1) is 15.9. The van der Waals surface area contributed by atoms with E-state index in [4.69, 9.17) is 0 Å². The highest BCUT2D eigenvalue weighted by atomic mass is 19.1. The van der Waals surface area contributed by atoms with Crippen LogP contribution in [0.1, 0.15) is 38.2 Å². The molecule has 2 atom stereocenters. The maximum atomic E-state index is 14.7. The van der Waals surface area contributed by atoms with Gasteiger partial charge in [0.1, 0.15) is 17.7 Å². The molecule has 1 saturated heterocycles. The van der Waals surface area contributed by atoms with Crippen LogP contribution in [0.3, 0.4) is 0 Å². The van der Waals surface area contributed by atoms with Crippen molar-refractivity contribution in [1.82, 2.24) is 25.1 Å². The first-order valence-electron chi connectivity index (χ1n) is 11.6. The molecule has 2 aliphatic rings. The smallest absolute Gasteiger partial charge is 0.153 e. The summed E-state index contributed by atoms with van der Waals surface area (Å²) < 4.78 is 16.3. The number of aryl methyl sites for hydroxylation is 1. The molecule has 1 saturated carbocycles. The highest BCUT2D eigenvalue weighted by molar-refractivity contribution is 5.97. The van der Waals surface area contributed by atoms with Gasteiger partial charge in [-0.05, 0) is 62.4 Å². The third kappa shape index (κ3) is 3.78. The van der Waals surface area contributed by atoms with Crippen LogP contribution in [0.25, 0.3) is 21.8 Å². The van der Waals surface area contributed by atoms with Gasteiger partial charge in [0.05, 0.1) is 5.52 Å². The van der Waals surface area contributed by atoms with Gasteiger partial charge in [0.2, 0.25) is 0 Å². The molecule has 8 heteroatoms. The highest BCUT2D eigenvalue weighted by Crippen LogP contribution is 2.46. The van der Waals surface area contributed by atoms with Crippen LogP contribution in [-0.2, 0) is 7.05 Å². The molecule has 0 amide bonds. The molecule has 0 spiro atoms. The number of hydrogen-bond donors (Lipinski definition) is 2. The van der Waals surface area contributed by atoms with Gasteiger partial charge in [-0.15, -0.1) is 0 Å². The number of piperazine rings is 1. The second-order valence-electron chi connectivity index (χ2n) is 9.62. The van der Waals surface area contributed by atoms with Gasteiger partial charge in [-0.3, -0.25) is 4.68 Å². The molecule has 1 aliphatic heterocycles. The topological polar surface area (TPSA) is 70.9 Å². The summed E-state index contributed by atoms with van der Waals surface area (Å²) >= 11 is 0. The van der Waals surface area contributed by atoms with Gasteiger partial charge in [0, 0.05) is 60.6 Å². The summed E-state index contributed by atoms with van der Waals surface area (Å²) in [6.45, 7) is 6.41. The number of halogens is 1. The fourth-order valence-corrected chi connectivity index (χ4v) is 5.16. The van der Waals surface area contributed by atoms with Crippen molar-refractivity contribution in [3.63, 3.8) is 0 Å². The van der Waals surface area contributed by atoms with Crippen LogP contribution in [0.4, 0.5) is 21.6 Å². The summed E-state index contributed by atoms with van der Waals surface area (Å²) in [4.78, 5) is 11.7. The average molecular weight is 446 g/mol. The Morgan fingerprint density at radius 1 is 1.06 bits per heavy atom. The molecule has 6 rings (SSSR count). The van der Waals surface area contributed by atoms with Crippen LogP contribution in [0.5, 0.6) is 0 Å². The zero-order valence-electron chi connectivity index (χ0n) is 19.1. The second-order valence-corrected chi connectivity index (χ2v) is 9.62. The van der Waals surface area contributed by atoms with E-state index < -0.39 is 0 Å². The van der Waals surface area contributed by atoms with Crippen LogP contribution in [0, 0.1) is 5.82 Å². The van der Waals surface area contributed by atoms with E-state index in [1.807, 2.05) is 12.3 Å². The molecule has 2 fully saturated rings. The molecule has 3 heterocycles. The summed E-state index contributed by atoms with van der Waals surface area (Å²) in [5, 5.41) is 13.0. The minimum atomic E-state index is -0.347. The van der Waals surface area contributed by atoms with Crippen molar-refractivity contribution in [3.05, 3.63) is 48.2 Å². The fraction of sp³-hybridized carbons (Fsp3) is 0.400. The molecule has 2 N–H and O–H groups in total. The number of nitrogens with one attached hydrogen (secondary N) is 2.